The van der Waals surface area contributed by atoms with Crippen LogP contribution in [0.2, 0.25) is 4.34 Å². The van der Waals surface area contributed by atoms with Crippen LogP contribution in [-0.4, -0.2) is 4.57 Å². The van der Waals surface area contributed by atoms with Gasteiger partial charge in [0.25, 0.3) is 0 Å². The maximum absolute atomic E-state index is 11.5. The molecule has 0 aliphatic carbocycles. The normalized spacial score (nSPS) is 12.3. The van der Waals surface area contributed by atoms with Gasteiger partial charge < -0.3 is 14.3 Å². The lowest BCUT2D eigenvalue weighted by molar-refractivity contribution is 0.500. The minimum atomic E-state index is -0.144. The molecule has 21 heavy (non-hydrogen) atoms. The minimum Gasteiger partial charge on any atom is -0.467 e. The van der Waals surface area contributed by atoms with E-state index in [-0.39, 0.29) is 11.6 Å². The van der Waals surface area contributed by atoms with E-state index in [0.717, 1.165) is 20.7 Å². The topological polar surface area (TPSA) is 47.2 Å². The number of nitrogens with one attached hydrogen (secondary N) is 1. The van der Waals surface area contributed by atoms with Crippen LogP contribution in [0.25, 0.3) is 0 Å². The molecule has 0 radical (unpaired) electrons. The van der Waals surface area contributed by atoms with E-state index in [9.17, 15) is 4.79 Å². The standard InChI is InChI=1S/C15H13ClN2O2S/c1-18-9-10(4-7-14(18)19)17-15(11-3-2-8-20-11)12-5-6-13(16)21-12/h2-9,15,17H,1H3. The first-order valence-corrected chi connectivity index (χ1v) is 7.55. The van der Waals surface area contributed by atoms with Crippen molar-refractivity contribution in [1.82, 2.24) is 4.57 Å². The monoisotopic (exact) mass is 320 g/mol. The van der Waals surface area contributed by atoms with E-state index in [0.29, 0.717) is 0 Å². The second kappa shape index (κ2) is 5.79. The van der Waals surface area contributed by atoms with Gasteiger partial charge in [0.1, 0.15) is 11.8 Å². The van der Waals surface area contributed by atoms with Crippen molar-refractivity contribution >= 4 is 28.6 Å². The van der Waals surface area contributed by atoms with E-state index in [2.05, 4.69) is 5.32 Å². The van der Waals surface area contributed by atoms with Gasteiger partial charge in [-0.1, -0.05) is 11.6 Å². The van der Waals surface area contributed by atoms with Crippen LogP contribution in [0, 0.1) is 0 Å². The van der Waals surface area contributed by atoms with Crippen molar-refractivity contribution in [2.24, 2.45) is 7.05 Å². The molecule has 0 amide bonds. The second-order valence-electron chi connectivity index (χ2n) is 4.60. The number of rotatable bonds is 4. The van der Waals surface area contributed by atoms with Crippen molar-refractivity contribution in [2.45, 2.75) is 6.04 Å². The van der Waals surface area contributed by atoms with E-state index in [1.807, 2.05) is 24.3 Å². The lowest BCUT2D eigenvalue weighted by Crippen LogP contribution is -2.17. The zero-order chi connectivity index (χ0) is 14.8. The van der Waals surface area contributed by atoms with Crippen molar-refractivity contribution in [2.75, 3.05) is 5.32 Å². The molecule has 4 nitrogen and oxygen atoms in total. The van der Waals surface area contributed by atoms with E-state index in [4.69, 9.17) is 16.0 Å². The van der Waals surface area contributed by atoms with Crippen LogP contribution in [0.5, 0.6) is 0 Å². The molecule has 1 unspecified atom stereocenters. The number of aromatic nitrogens is 1. The van der Waals surface area contributed by atoms with Crippen molar-refractivity contribution in [3.8, 4) is 0 Å². The quantitative estimate of drug-likeness (QED) is 0.793. The number of aryl methyl sites for hydroxylation is 1. The molecule has 0 fully saturated rings. The highest BCUT2D eigenvalue weighted by Gasteiger charge is 2.19. The van der Waals surface area contributed by atoms with Gasteiger partial charge in [-0.25, -0.2) is 0 Å². The maximum Gasteiger partial charge on any atom is 0.250 e. The molecular formula is C15H13ClN2O2S. The van der Waals surface area contributed by atoms with Gasteiger partial charge in [0.15, 0.2) is 0 Å². The first kappa shape index (κ1) is 14.0. The predicted molar refractivity (Wildman–Crippen MR) is 85.2 cm³/mol. The summed E-state index contributed by atoms with van der Waals surface area (Å²) in [6, 6.07) is 10.7. The van der Waals surface area contributed by atoms with E-state index >= 15 is 0 Å². The third-order valence-corrected chi connectivity index (χ3v) is 4.40. The molecule has 3 heterocycles. The molecule has 0 saturated carbocycles. The summed E-state index contributed by atoms with van der Waals surface area (Å²) in [5.74, 6) is 0.794. The van der Waals surface area contributed by atoms with Gasteiger partial charge >= 0.3 is 0 Å². The van der Waals surface area contributed by atoms with E-state index < -0.39 is 0 Å². The first-order chi connectivity index (χ1) is 10.1. The molecule has 1 atom stereocenters. The Balaban J connectivity index is 1.96. The van der Waals surface area contributed by atoms with Crippen molar-refractivity contribution in [1.29, 1.82) is 0 Å². The smallest absolute Gasteiger partial charge is 0.250 e. The first-order valence-electron chi connectivity index (χ1n) is 6.35. The Morgan fingerprint density at radius 1 is 1.29 bits per heavy atom. The highest BCUT2D eigenvalue weighted by Crippen LogP contribution is 2.33. The summed E-state index contributed by atoms with van der Waals surface area (Å²) in [4.78, 5) is 12.5. The Hall–Kier alpha value is -1.98. The van der Waals surface area contributed by atoms with Crippen molar-refractivity contribution in [3.63, 3.8) is 0 Å². The van der Waals surface area contributed by atoms with Gasteiger partial charge in [-0.05, 0) is 30.3 Å². The fraction of sp³-hybridized carbons (Fsp3) is 0.133. The number of furan rings is 1. The molecule has 0 aliphatic heterocycles. The molecule has 3 aromatic heterocycles. The summed E-state index contributed by atoms with van der Waals surface area (Å²) in [5, 5.41) is 3.38. The summed E-state index contributed by atoms with van der Waals surface area (Å²) in [6.07, 6.45) is 3.40. The van der Waals surface area contributed by atoms with Crippen LogP contribution >= 0.6 is 22.9 Å². The second-order valence-corrected chi connectivity index (χ2v) is 6.35. The van der Waals surface area contributed by atoms with Crippen molar-refractivity contribution < 1.29 is 4.42 Å². The van der Waals surface area contributed by atoms with E-state index in [1.54, 1.807) is 25.6 Å². The molecule has 108 valence electrons. The van der Waals surface area contributed by atoms with Crippen LogP contribution in [0.4, 0.5) is 5.69 Å². The fourth-order valence-corrected chi connectivity index (χ4v) is 3.19. The Morgan fingerprint density at radius 3 is 2.76 bits per heavy atom. The number of nitrogens with zero attached hydrogens (tertiary/aromatic N) is 1. The van der Waals surface area contributed by atoms with Gasteiger partial charge in [0.05, 0.1) is 16.3 Å². The largest absolute Gasteiger partial charge is 0.467 e. The minimum absolute atomic E-state index is 0.0470. The molecule has 0 bridgehead atoms. The Kier molecular flexibility index (Phi) is 3.86. The van der Waals surface area contributed by atoms with Crippen LogP contribution in [-0.2, 0) is 7.05 Å². The SMILES string of the molecule is Cn1cc(NC(c2ccco2)c2ccc(Cl)s2)ccc1=O. The molecule has 3 rings (SSSR count). The van der Waals surface area contributed by atoms with Crippen LogP contribution in [0.15, 0.2) is 58.1 Å². The van der Waals surface area contributed by atoms with Gasteiger partial charge in [-0.3, -0.25) is 4.79 Å². The molecule has 0 aromatic carbocycles. The molecule has 6 heteroatoms. The van der Waals surface area contributed by atoms with Gasteiger partial charge in [-0.15, -0.1) is 11.3 Å². The maximum atomic E-state index is 11.5. The summed E-state index contributed by atoms with van der Waals surface area (Å²) in [7, 11) is 1.72. The third kappa shape index (κ3) is 3.04. The molecule has 1 N–H and O–H groups in total. The average molecular weight is 321 g/mol. The van der Waals surface area contributed by atoms with Gasteiger partial charge in [0, 0.05) is 24.2 Å². The van der Waals surface area contributed by atoms with Crippen LogP contribution in [0.1, 0.15) is 16.7 Å². The number of hydrogen-bond donors (Lipinski definition) is 1. The number of anilines is 1. The average Bonchev–Trinajstić information content (AvgIpc) is 3.11. The highest BCUT2D eigenvalue weighted by atomic mass is 35.5. The summed E-state index contributed by atoms with van der Waals surface area (Å²) >= 11 is 7.52. The number of halogens is 1. The lowest BCUT2D eigenvalue weighted by Gasteiger charge is -2.17. The van der Waals surface area contributed by atoms with Crippen LogP contribution < -0.4 is 10.9 Å². The molecule has 0 saturated heterocycles. The summed E-state index contributed by atoms with van der Waals surface area (Å²) < 4.78 is 7.77. The highest BCUT2D eigenvalue weighted by molar-refractivity contribution is 7.16. The fourth-order valence-electron chi connectivity index (χ4n) is 2.07. The Morgan fingerprint density at radius 2 is 2.14 bits per heavy atom. The predicted octanol–water partition coefficient (Wildman–Crippen LogP) is 3.89. The summed E-state index contributed by atoms with van der Waals surface area (Å²) in [6.45, 7) is 0. The number of pyridine rings is 1. The number of hydrogen-bond acceptors (Lipinski definition) is 4. The third-order valence-electron chi connectivity index (χ3n) is 3.10. The van der Waals surface area contributed by atoms with Crippen molar-refractivity contribution in [3.05, 3.63) is 74.2 Å². The molecule has 0 spiro atoms. The molecule has 3 aromatic rings. The van der Waals surface area contributed by atoms with Gasteiger partial charge in [0.2, 0.25) is 5.56 Å². The Bertz CT molecular complexity index is 792. The van der Waals surface area contributed by atoms with E-state index in [1.165, 1.54) is 22.0 Å². The Labute approximate surface area is 130 Å². The van der Waals surface area contributed by atoms with Gasteiger partial charge in [-0.2, -0.15) is 0 Å². The molecular weight excluding hydrogens is 308 g/mol. The number of thiophene rings is 1. The molecule has 0 aliphatic rings. The lowest BCUT2D eigenvalue weighted by atomic mass is 10.2. The summed E-state index contributed by atoms with van der Waals surface area (Å²) in [5.41, 5.74) is 0.789. The zero-order valence-electron chi connectivity index (χ0n) is 11.2. The van der Waals surface area contributed by atoms with Crippen LogP contribution in [0.3, 0.4) is 0 Å². The zero-order valence-corrected chi connectivity index (χ0v) is 12.8.